The van der Waals surface area contributed by atoms with E-state index in [1.54, 1.807) is 36.8 Å². The summed E-state index contributed by atoms with van der Waals surface area (Å²) in [5.41, 5.74) is 1.96. The van der Waals surface area contributed by atoms with E-state index < -0.39 is 0 Å². The Kier molecular flexibility index (Phi) is 5.91. The number of nitrogens with one attached hydrogen (secondary N) is 1. The van der Waals surface area contributed by atoms with E-state index in [9.17, 15) is 9.59 Å². The van der Waals surface area contributed by atoms with Crippen LogP contribution in [0, 0.1) is 0 Å². The third-order valence-electron chi connectivity index (χ3n) is 4.76. The molecule has 1 N–H and O–H groups in total. The highest BCUT2D eigenvalue weighted by Gasteiger charge is 2.17. The van der Waals surface area contributed by atoms with Crippen molar-refractivity contribution in [2.45, 2.75) is 13.3 Å². The summed E-state index contributed by atoms with van der Waals surface area (Å²) in [6.45, 7) is 1.47. The molecule has 2 aromatic carbocycles. The molecule has 2 aromatic heterocycles. The van der Waals surface area contributed by atoms with Gasteiger partial charge >= 0.3 is 0 Å². The lowest BCUT2D eigenvalue weighted by atomic mass is 10.1. The van der Waals surface area contributed by atoms with Crippen LogP contribution < -0.4 is 10.2 Å². The molecule has 0 atom stereocenters. The van der Waals surface area contributed by atoms with Crippen molar-refractivity contribution in [1.29, 1.82) is 0 Å². The molecule has 0 saturated carbocycles. The van der Waals surface area contributed by atoms with E-state index in [0.717, 1.165) is 16.3 Å². The minimum Gasteiger partial charge on any atom is -0.326 e. The van der Waals surface area contributed by atoms with Gasteiger partial charge in [0.15, 0.2) is 0 Å². The molecule has 2 heterocycles. The van der Waals surface area contributed by atoms with Crippen LogP contribution in [0.4, 0.5) is 17.2 Å². The standard InChI is InChI=1S/C24H19ClN4O2/c1-16(30)29(21-7-6-19-15-26-10-8-17(19)12-21)23-14-20(9-11-27-23)28-24(31)13-18-4-2-3-5-22(18)25/h2-12,14-15H,13H2,1H3,(H,27,28,31). The minimum absolute atomic E-state index is 0.145. The first-order chi connectivity index (χ1) is 15.0. The highest BCUT2D eigenvalue weighted by atomic mass is 35.5. The van der Waals surface area contributed by atoms with Crippen LogP contribution in [0.25, 0.3) is 10.8 Å². The summed E-state index contributed by atoms with van der Waals surface area (Å²) in [4.78, 5) is 34.9. The van der Waals surface area contributed by atoms with Crippen molar-refractivity contribution >= 4 is 51.4 Å². The van der Waals surface area contributed by atoms with E-state index in [1.807, 2.05) is 42.5 Å². The van der Waals surface area contributed by atoms with Crippen molar-refractivity contribution in [3.05, 3.63) is 89.8 Å². The Morgan fingerprint density at radius 3 is 2.65 bits per heavy atom. The fraction of sp³-hybridized carbons (Fsp3) is 0.0833. The van der Waals surface area contributed by atoms with E-state index in [0.29, 0.717) is 22.2 Å². The van der Waals surface area contributed by atoms with Gasteiger partial charge in [-0.2, -0.15) is 0 Å². The molecule has 0 aliphatic carbocycles. The number of rotatable bonds is 5. The first-order valence-electron chi connectivity index (χ1n) is 9.65. The number of amides is 2. The SMILES string of the molecule is CC(=O)N(c1ccc2cnccc2c1)c1cc(NC(=O)Cc2ccccc2Cl)ccn1. The highest BCUT2D eigenvalue weighted by molar-refractivity contribution is 6.31. The van der Waals surface area contributed by atoms with Crippen LogP contribution in [0.1, 0.15) is 12.5 Å². The Labute approximate surface area is 184 Å². The molecule has 0 saturated heterocycles. The summed E-state index contributed by atoms with van der Waals surface area (Å²) in [5.74, 6) is 0.00901. The molecule has 4 aromatic rings. The Morgan fingerprint density at radius 1 is 1.00 bits per heavy atom. The number of hydrogen-bond acceptors (Lipinski definition) is 4. The zero-order valence-corrected chi connectivity index (χ0v) is 17.5. The molecule has 0 aliphatic heterocycles. The van der Waals surface area contributed by atoms with Gasteiger partial charge in [-0.1, -0.05) is 35.9 Å². The van der Waals surface area contributed by atoms with E-state index in [2.05, 4.69) is 15.3 Å². The summed E-state index contributed by atoms with van der Waals surface area (Å²) in [5, 5.41) is 5.33. The predicted octanol–water partition coefficient (Wildman–Crippen LogP) is 5.15. The average Bonchev–Trinajstić information content (AvgIpc) is 2.75. The summed E-state index contributed by atoms with van der Waals surface area (Å²) < 4.78 is 0. The molecular formula is C24H19ClN4O2. The first-order valence-corrected chi connectivity index (χ1v) is 10.0. The number of carbonyl (C=O) groups excluding carboxylic acids is 2. The topological polar surface area (TPSA) is 75.2 Å². The van der Waals surface area contributed by atoms with E-state index in [-0.39, 0.29) is 18.2 Å². The Morgan fingerprint density at radius 2 is 1.84 bits per heavy atom. The van der Waals surface area contributed by atoms with Crippen molar-refractivity contribution in [2.24, 2.45) is 0 Å². The van der Waals surface area contributed by atoms with Gasteiger partial charge in [0.25, 0.3) is 0 Å². The van der Waals surface area contributed by atoms with Gasteiger partial charge in [0.1, 0.15) is 5.82 Å². The summed E-state index contributed by atoms with van der Waals surface area (Å²) in [6, 6.07) is 18.1. The zero-order valence-electron chi connectivity index (χ0n) is 16.7. The van der Waals surface area contributed by atoms with Gasteiger partial charge in [-0.15, -0.1) is 0 Å². The molecule has 154 valence electrons. The molecule has 2 amide bonds. The van der Waals surface area contributed by atoms with Crippen molar-refractivity contribution in [3.8, 4) is 0 Å². The number of aromatic nitrogens is 2. The number of anilines is 3. The van der Waals surface area contributed by atoms with Crippen LogP contribution in [0.3, 0.4) is 0 Å². The van der Waals surface area contributed by atoms with Crippen molar-refractivity contribution < 1.29 is 9.59 Å². The maximum Gasteiger partial charge on any atom is 0.229 e. The summed E-state index contributed by atoms with van der Waals surface area (Å²) in [7, 11) is 0. The van der Waals surface area contributed by atoms with Crippen molar-refractivity contribution in [1.82, 2.24) is 9.97 Å². The lowest BCUT2D eigenvalue weighted by Gasteiger charge is -2.21. The third-order valence-corrected chi connectivity index (χ3v) is 5.13. The first kappa shape index (κ1) is 20.5. The second-order valence-electron chi connectivity index (χ2n) is 6.98. The average molecular weight is 431 g/mol. The molecule has 0 aliphatic rings. The van der Waals surface area contributed by atoms with Crippen molar-refractivity contribution in [3.63, 3.8) is 0 Å². The van der Waals surface area contributed by atoms with Crippen molar-refractivity contribution in [2.75, 3.05) is 10.2 Å². The van der Waals surface area contributed by atoms with Gasteiger partial charge in [-0.05, 0) is 41.3 Å². The molecule has 0 bridgehead atoms. The molecule has 0 unspecified atom stereocenters. The molecule has 0 radical (unpaired) electrons. The van der Waals surface area contributed by atoms with Crippen LogP contribution in [0.15, 0.2) is 79.3 Å². The molecule has 0 spiro atoms. The smallest absolute Gasteiger partial charge is 0.229 e. The van der Waals surface area contributed by atoms with Gasteiger partial charge in [0.2, 0.25) is 11.8 Å². The van der Waals surface area contributed by atoms with Crippen LogP contribution in [0.5, 0.6) is 0 Å². The number of halogens is 1. The number of carbonyl (C=O) groups is 2. The van der Waals surface area contributed by atoms with E-state index in [1.165, 1.54) is 11.8 Å². The molecule has 4 rings (SSSR count). The fourth-order valence-electron chi connectivity index (χ4n) is 3.32. The quantitative estimate of drug-likeness (QED) is 0.475. The Balaban J connectivity index is 1.59. The van der Waals surface area contributed by atoms with Crippen LogP contribution >= 0.6 is 11.6 Å². The molecule has 0 fully saturated rings. The molecule has 31 heavy (non-hydrogen) atoms. The second-order valence-corrected chi connectivity index (χ2v) is 7.39. The van der Waals surface area contributed by atoms with Gasteiger partial charge in [-0.25, -0.2) is 4.98 Å². The van der Waals surface area contributed by atoms with E-state index in [4.69, 9.17) is 11.6 Å². The highest BCUT2D eigenvalue weighted by Crippen LogP contribution is 2.29. The third kappa shape index (κ3) is 4.70. The maximum absolute atomic E-state index is 12.5. The molecule has 7 heteroatoms. The lowest BCUT2D eigenvalue weighted by molar-refractivity contribution is -0.116. The lowest BCUT2D eigenvalue weighted by Crippen LogP contribution is -2.24. The summed E-state index contributed by atoms with van der Waals surface area (Å²) in [6.07, 6.45) is 5.18. The number of fused-ring (bicyclic) bond motifs is 1. The molecule has 6 nitrogen and oxygen atoms in total. The Hall–Kier alpha value is -3.77. The Bertz CT molecular complexity index is 1280. The zero-order chi connectivity index (χ0) is 21.8. The number of nitrogens with zero attached hydrogens (tertiary/aromatic N) is 3. The number of pyridine rings is 2. The van der Waals surface area contributed by atoms with Crippen LogP contribution in [0.2, 0.25) is 5.02 Å². The normalized spacial score (nSPS) is 10.6. The van der Waals surface area contributed by atoms with Gasteiger partial charge < -0.3 is 5.32 Å². The van der Waals surface area contributed by atoms with Gasteiger partial charge in [0, 0.05) is 47.7 Å². The van der Waals surface area contributed by atoms with Gasteiger partial charge in [0.05, 0.1) is 12.1 Å². The maximum atomic E-state index is 12.5. The second kappa shape index (κ2) is 8.93. The largest absolute Gasteiger partial charge is 0.326 e. The summed E-state index contributed by atoms with van der Waals surface area (Å²) >= 11 is 6.14. The predicted molar refractivity (Wildman–Crippen MR) is 123 cm³/mol. The van der Waals surface area contributed by atoms with Gasteiger partial charge in [-0.3, -0.25) is 19.5 Å². The fourth-order valence-corrected chi connectivity index (χ4v) is 3.53. The minimum atomic E-state index is -0.210. The van der Waals surface area contributed by atoms with Crippen LogP contribution in [-0.4, -0.2) is 21.8 Å². The molecular weight excluding hydrogens is 412 g/mol. The van der Waals surface area contributed by atoms with E-state index >= 15 is 0 Å². The number of hydrogen-bond donors (Lipinski definition) is 1. The monoisotopic (exact) mass is 430 g/mol. The van der Waals surface area contributed by atoms with Crippen LogP contribution in [-0.2, 0) is 16.0 Å². The number of benzene rings is 2.